The molecule has 10 nitrogen and oxygen atoms in total. The Morgan fingerprint density at radius 3 is 2.28 bits per heavy atom. The zero-order chi connectivity index (χ0) is 21.6. The minimum atomic E-state index is -1.56. The van der Waals surface area contributed by atoms with Gasteiger partial charge in [0, 0.05) is 23.5 Å². The molecule has 29 heavy (non-hydrogen) atoms. The van der Waals surface area contributed by atoms with E-state index < -0.39 is 36.2 Å². The number of nitrogens with zero attached hydrogens (tertiary/aromatic N) is 1. The molecular formula is C19H19N3O7. The number of aromatic nitrogens is 1. The number of carboxylic acid groups (broad SMARTS) is 2. The van der Waals surface area contributed by atoms with Gasteiger partial charge in [-0.3, -0.25) is 19.2 Å². The molecule has 0 spiro atoms. The number of carbonyl (C=O) groups excluding carboxylic acids is 2. The van der Waals surface area contributed by atoms with Crippen LogP contribution in [0.5, 0.6) is 0 Å². The van der Waals surface area contributed by atoms with Gasteiger partial charge in [-0.25, -0.2) is 4.79 Å². The van der Waals surface area contributed by atoms with E-state index in [4.69, 9.17) is 10.2 Å². The number of carbonyl (C=O) groups is 4. The number of hydrogen-bond donors (Lipinski definition) is 4. The number of carboxylic acids is 2. The monoisotopic (exact) mass is 401 g/mol. The summed E-state index contributed by atoms with van der Waals surface area (Å²) in [5, 5.41) is 22.4. The molecule has 0 saturated carbocycles. The Morgan fingerprint density at radius 2 is 1.69 bits per heavy atom. The van der Waals surface area contributed by atoms with Crippen molar-refractivity contribution in [3.63, 3.8) is 0 Å². The number of benzene rings is 1. The molecule has 1 atom stereocenters. The van der Waals surface area contributed by atoms with Gasteiger partial charge in [0.25, 0.3) is 11.5 Å². The van der Waals surface area contributed by atoms with E-state index in [0.717, 1.165) is 5.56 Å². The second kappa shape index (κ2) is 9.31. The highest BCUT2D eigenvalue weighted by Crippen LogP contribution is 2.10. The minimum absolute atomic E-state index is 0.0922. The third-order valence-electron chi connectivity index (χ3n) is 3.86. The third kappa shape index (κ3) is 6.31. The maximum Gasteiger partial charge on any atom is 0.326 e. The van der Waals surface area contributed by atoms with Crippen molar-refractivity contribution in [3.05, 3.63) is 64.1 Å². The fourth-order valence-corrected chi connectivity index (χ4v) is 2.45. The molecule has 1 unspecified atom stereocenters. The predicted molar refractivity (Wildman–Crippen MR) is 102 cm³/mol. The lowest BCUT2D eigenvalue weighted by Crippen LogP contribution is -2.42. The number of pyridine rings is 1. The van der Waals surface area contributed by atoms with E-state index in [1.54, 1.807) is 19.2 Å². The van der Waals surface area contributed by atoms with Crippen molar-refractivity contribution >= 4 is 29.4 Å². The predicted octanol–water partition coefficient (Wildman–Crippen LogP) is 0.453. The molecule has 10 heteroatoms. The van der Waals surface area contributed by atoms with Gasteiger partial charge >= 0.3 is 11.9 Å². The van der Waals surface area contributed by atoms with Gasteiger partial charge in [0.2, 0.25) is 5.91 Å². The van der Waals surface area contributed by atoms with Crippen LogP contribution >= 0.6 is 0 Å². The molecule has 0 radical (unpaired) electrons. The molecule has 1 heterocycles. The number of nitrogens with one attached hydrogen (secondary N) is 2. The highest BCUT2D eigenvalue weighted by atomic mass is 16.4. The van der Waals surface area contributed by atoms with Crippen LogP contribution in [0.2, 0.25) is 0 Å². The Morgan fingerprint density at radius 1 is 1.03 bits per heavy atom. The highest BCUT2D eigenvalue weighted by Gasteiger charge is 2.23. The summed E-state index contributed by atoms with van der Waals surface area (Å²) in [6.45, 7) is 1.61. The number of anilines is 1. The van der Waals surface area contributed by atoms with Crippen molar-refractivity contribution in [2.24, 2.45) is 0 Å². The van der Waals surface area contributed by atoms with Crippen LogP contribution < -0.4 is 16.2 Å². The summed E-state index contributed by atoms with van der Waals surface area (Å²) in [5.74, 6) is -4.02. The molecule has 0 fully saturated rings. The maximum atomic E-state index is 12.1. The highest BCUT2D eigenvalue weighted by molar-refractivity contribution is 5.98. The summed E-state index contributed by atoms with van der Waals surface area (Å²) in [7, 11) is 0. The normalized spacial score (nSPS) is 11.3. The van der Waals surface area contributed by atoms with Crippen LogP contribution in [0.3, 0.4) is 0 Å². The van der Waals surface area contributed by atoms with E-state index in [9.17, 15) is 24.0 Å². The van der Waals surface area contributed by atoms with E-state index in [0.29, 0.717) is 5.69 Å². The lowest BCUT2D eigenvalue weighted by molar-refractivity contribution is -0.145. The Bertz CT molecular complexity index is 996. The summed E-state index contributed by atoms with van der Waals surface area (Å²) in [6, 6.07) is 7.01. The van der Waals surface area contributed by atoms with Crippen molar-refractivity contribution in [2.75, 3.05) is 5.32 Å². The van der Waals surface area contributed by atoms with Gasteiger partial charge in [-0.2, -0.15) is 0 Å². The van der Waals surface area contributed by atoms with Crippen molar-refractivity contribution < 1.29 is 29.4 Å². The average Bonchev–Trinajstić information content (AvgIpc) is 2.64. The first-order chi connectivity index (χ1) is 13.7. The lowest BCUT2D eigenvalue weighted by atomic mass is 10.1. The molecule has 2 rings (SSSR count). The fraction of sp³-hybridized carbons (Fsp3) is 0.211. The Kier molecular flexibility index (Phi) is 6.85. The topological polar surface area (TPSA) is 155 Å². The van der Waals surface area contributed by atoms with E-state index in [-0.39, 0.29) is 17.7 Å². The molecule has 0 aliphatic carbocycles. The first-order valence-electron chi connectivity index (χ1n) is 8.48. The summed E-state index contributed by atoms with van der Waals surface area (Å²) in [5.41, 5.74) is 0.976. The molecule has 0 aliphatic rings. The zero-order valence-electron chi connectivity index (χ0n) is 15.4. The van der Waals surface area contributed by atoms with Crippen LogP contribution in [0.15, 0.2) is 47.4 Å². The Balaban J connectivity index is 2.00. The van der Waals surface area contributed by atoms with E-state index >= 15 is 0 Å². The van der Waals surface area contributed by atoms with Gasteiger partial charge in [0.1, 0.15) is 12.6 Å². The van der Waals surface area contributed by atoms with Gasteiger partial charge < -0.3 is 25.4 Å². The third-order valence-corrected chi connectivity index (χ3v) is 3.86. The zero-order valence-corrected chi connectivity index (χ0v) is 15.4. The van der Waals surface area contributed by atoms with Gasteiger partial charge in [0.15, 0.2) is 0 Å². The van der Waals surface area contributed by atoms with Crippen LogP contribution in [-0.2, 0) is 20.9 Å². The van der Waals surface area contributed by atoms with Crippen molar-refractivity contribution in [3.8, 4) is 0 Å². The van der Waals surface area contributed by atoms with Gasteiger partial charge in [-0.15, -0.1) is 0 Å². The standard InChI is InChI=1S/C19H19N3O7/c1-11-2-7-16(24)22(9-11)10-15(23)20-13-5-3-12(4-6-13)18(27)21-14(19(28)29)8-17(25)26/h2-7,9,14H,8,10H2,1H3,(H,20,23)(H,21,27)(H,25,26)(H,28,29). The van der Waals surface area contributed by atoms with Crippen LogP contribution in [-0.4, -0.2) is 44.6 Å². The van der Waals surface area contributed by atoms with Gasteiger partial charge in [-0.05, 0) is 36.8 Å². The number of aliphatic carboxylic acids is 2. The molecule has 4 N–H and O–H groups in total. The molecular weight excluding hydrogens is 382 g/mol. The summed E-state index contributed by atoms with van der Waals surface area (Å²) >= 11 is 0. The molecule has 0 saturated heterocycles. The van der Waals surface area contributed by atoms with Crippen LogP contribution in [0.1, 0.15) is 22.3 Å². The Hall–Kier alpha value is -3.95. The fourth-order valence-electron chi connectivity index (χ4n) is 2.45. The van der Waals surface area contributed by atoms with Gasteiger partial charge in [0.05, 0.1) is 6.42 Å². The molecule has 2 amide bonds. The first kappa shape index (κ1) is 21.4. The second-order valence-corrected chi connectivity index (χ2v) is 6.26. The number of rotatable bonds is 8. The number of amides is 2. The first-order valence-corrected chi connectivity index (χ1v) is 8.48. The number of aryl methyl sites for hydroxylation is 1. The number of hydrogen-bond acceptors (Lipinski definition) is 5. The molecule has 0 aliphatic heterocycles. The molecule has 1 aromatic carbocycles. The van der Waals surface area contributed by atoms with Gasteiger partial charge in [-0.1, -0.05) is 6.07 Å². The second-order valence-electron chi connectivity index (χ2n) is 6.26. The largest absolute Gasteiger partial charge is 0.481 e. The summed E-state index contributed by atoms with van der Waals surface area (Å²) in [6.07, 6.45) is 0.804. The quantitative estimate of drug-likeness (QED) is 0.501. The molecule has 1 aromatic heterocycles. The van der Waals surface area contributed by atoms with Crippen molar-refractivity contribution in [1.29, 1.82) is 0 Å². The van der Waals surface area contributed by atoms with Crippen molar-refractivity contribution in [2.45, 2.75) is 25.9 Å². The van der Waals surface area contributed by atoms with E-state index in [2.05, 4.69) is 10.6 Å². The van der Waals surface area contributed by atoms with Crippen LogP contribution in [0.4, 0.5) is 5.69 Å². The molecule has 152 valence electrons. The molecule has 0 bridgehead atoms. The SMILES string of the molecule is Cc1ccc(=O)n(CC(=O)Nc2ccc(C(=O)NC(CC(=O)O)C(=O)O)cc2)c1. The average molecular weight is 401 g/mol. The van der Waals surface area contributed by atoms with Crippen molar-refractivity contribution in [1.82, 2.24) is 9.88 Å². The summed E-state index contributed by atoms with van der Waals surface area (Å²) in [4.78, 5) is 57.6. The molecule has 2 aromatic rings. The Labute approximate surface area is 164 Å². The maximum absolute atomic E-state index is 12.1. The van der Waals surface area contributed by atoms with E-state index in [1.165, 1.54) is 34.9 Å². The van der Waals surface area contributed by atoms with Crippen LogP contribution in [0.25, 0.3) is 0 Å². The van der Waals surface area contributed by atoms with E-state index in [1.807, 2.05) is 0 Å². The summed E-state index contributed by atoms with van der Waals surface area (Å²) < 4.78 is 1.26. The smallest absolute Gasteiger partial charge is 0.326 e. The lowest BCUT2D eigenvalue weighted by Gasteiger charge is -2.13. The van der Waals surface area contributed by atoms with Crippen LogP contribution in [0, 0.1) is 6.92 Å². The minimum Gasteiger partial charge on any atom is -0.481 e.